The molecular weight excluding hydrogens is 332 g/mol. The van der Waals surface area contributed by atoms with Crippen molar-refractivity contribution in [2.45, 2.75) is 0 Å². The number of aromatic amines is 1. The van der Waals surface area contributed by atoms with Gasteiger partial charge in [0.15, 0.2) is 5.82 Å². The van der Waals surface area contributed by atoms with Gasteiger partial charge in [0.25, 0.3) is 5.91 Å². The molecule has 0 aliphatic carbocycles. The second-order valence-electron chi connectivity index (χ2n) is 4.82. The number of H-pyrrole nitrogens is 1. The molecule has 7 nitrogen and oxygen atoms in total. The molecule has 0 saturated heterocycles. The fourth-order valence-corrected chi connectivity index (χ4v) is 2.25. The molecule has 1 amide bonds. The van der Waals surface area contributed by atoms with Gasteiger partial charge in [-0.15, -0.1) is 0 Å². The van der Waals surface area contributed by atoms with Crippen molar-refractivity contribution in [3.05, 3.63) is 65.1 Å². The maximum atomic E-state index is 12.3. The van der Waals surface area contributed by atoms with Crippen molar-refractivity contribution < 1.29 is 14.7 Å². The Morgan fingerprint density at radius 2 is 2.00 bits per heavy atom. The van der Waals surface area contributed by atoms with Gasteiger partial charge in [-0.2, -0.15) is 0 Å². The van der Waals surface area contributed by atoms with Gasteiger partial charge in [-0.3, -0.25) is 9.78 Å². The number of nitrogens with one attached hydrogen (secondary N) is 2. The molecule has 0 saturated carbocycles. The number of carboxylic acid groups (broad SMARTS) is 1. The molecule has 0 spiro atoms. The number of imidazole rings is 1. The largest absolute Gasteiger partial charge is 0.478 e. The van der Waals surface area contributed by atoms with Crippen molar-refractivity contribution in [1.82, 2.24) is 15.0 Å². The normalized spacial score (nSPS) is 10.4. The van der Waals surface area contributed by atoms with Crippen LogP contribution in [0.15, 0.2) is 48.9 Å². The van der Waals surface area contributed by atoms with E-state index in [1.54, 1.807) is 24.5 Å². The Morgan fingerprint density at radius 3 is 2.62 bits per heavy atom. The van der Waals surface area contributed by atoms with Gasteiger partial charge in [0.05, 0.1) is 28.0 Å². The van der Waals surface area contributed by atoms with Crippen LogP contribution in [0, 0.1) is 0 Å². The van der Waals surface area contributed by atoms with Crippen molar-refractivity contribution in [2.75, 3.05) is 5.32 Å². The first-order chi connectivity index (χ1) is 11.5. The van der Waals surface area contributed by atoms with Crippen LogP contribution in [0.4, 0.5) is 5.69 Å². The number of carbonyl (C=O) groups excluding carboxylic acids is 1. The molecule has 3 aromatic rings. The lowest BCUT2D eigenvalue weighted by Crippen LogP contribution is -2.13. The lowest BCUT2D eigenvalue weighted by atomic mass is 10.1. The molecule has 0 atom stereocenters. The van der Waals surface area contributed by atoms with Crippen molar-refractivity contribution in [3.8, 4) is 11.5 Å². The lowest BCUT2D eigenvalue weighted by molar-refractivity contribution is 0.0697. The number of aromatic nitrogens is 3. The maximum absolute atomic E-state index is 12.3. The average Bonchev–Trinajstić information content (AvgIpc) is 3.10. The predicted molar refractivity (Wildman–Crippen MR) is 88.2 cm³/mol. The van der Waals surface area contributed by atoms with Crippen LogP contribution >= 0.6 is 11.6 Å². The Hall–Kier alpha value is -3.19. The highest BCUT2D eigenvalue weighted by molar-refractivity contribution is 6.34. The Morgan fingerprint density at radius 1 is 1.17 bits per heavy atom. The standard InChI is InChI=1S/C16H11ClN4O3/c17-12-3-1-9(16(23)24)7-11(12)15(22)21-10-2-4-13(20-8-10)14-18-5-6-19-14/h1-8H,(H,18,19)(H,21,22)(H,23,24). The van der Waals surface area contributed by atoms with Crippen LogP contribution in [-0.4, -0.2) is 31.9 Å². The topological polar surface area (TPSA) is 108 Å². The molecule has 1 aromatic carbocycles. The number of aromatic carboxylic acids is 1. The summed E-state index contributed by atoms with van der Waals surface area (Å²) in [6, 6.07) is 7.30. The molecule has 0 aliphatic heterocycles. The molecular formula is C16H11ClN4O3. The number of rotatable bonds is 4. The maximum Gasteiger partial charge on any atom is 0.335 e. The highest BCUT2D eigenvalue weighted by atomic mass is 35.5. The van der Waals surface area contributed by atoms with Crippen molar-refractivity contribution in [2.24, 2.45) is 0 Å². The van der Waals surface area contributed by atoms with Crippen molar-refractivity contribution in [3.63, 3.8) is 0 Å². The third kappa shape index (κ3) is 3.26. The number of amides is 1. The third-order valence-electron chi connectivity index (χ3n) is 3.22. The van der Waals surface area contributed by atoms with Gasteiger partial charge in [0.1, 0.15) is 5.69 Å². The summed E-state index contributed by atoms with van der Waals surface area (Å²) in [5.41, 5.74) is 1.14. The van der Waals surface area contributed by atoms with Crippen LogP contribution in [-0.2, 0) is 0 Å². The number of anilines is 1. The van der Waals surface area contributed by atoms with E-state index in [1.165, 1.54) is 24.4 Å². The summed E-state index contributed by atoms with van der Waals surface area (Å²) in [5, 5.41) is 11.8. The van der Waals surface area contributed by atoms with E-state index in [0.717, 1.165) is 0 Å². The summed E-state index contributed by atoms with van der Waals surface area (Å²) in [7, 11) is 0. The number of nitrogens with zero attached hydrogens (tertiary/aromatic N) is 2. The average molecular weight is 343 g/mol. The van der Waals surface area contributed by atoms with Crippen LogP contribution in [0.2, 0.25) is 5.02 Å². The van der Waals surface area contributed by atoms with Gasteiger partial charge >= 0.3 is 5.97 Å². The molecule has 2 aromatic heterocycles. The molecule has 0 fully saturated rings. The van der Waals surface area contributed by atoms with E-state index in [2.05, 4.69) is 20.3 Å². The summed E-state index contributed by atoms with van der Waals surface area (Å²) in [6.07, 6.45) is 4.78. The van der Waals surface area contributed by atoms with Crippen LogP contribution in [0.1, 0.15) is 20.7 Å². The Bertz CT molecular complexity index is 892. The quantitative estimate of drug-likeness (QED) is 0.675. The van der Waals surface area contributed by atoms with Crippen molar-refractivity contribution in [1.29, 1.82) is 0 Å². The van der Waals surface area contributed by atoms with Gasteiger partial charge in [-0.25, -0.2) is 9.78 Å². The van der Waals surface area contributed by atoms with Gasteiger partial charge in [0, 0.05) is 12.4 Å². The summed E-state index contributed by atoms with van der Waals surface area (Å²) < 4.78 is 0. The molecule has 8 heteroatoms. The number of hydrogen-bond acceptors (Lipinski definition) is 4. The molecule has 2 heterocycles. The van der Waals surface area contributed by atoms with Crippen LogP contribution in [0.5, 0.6) is 0 Å². The zero-order valence-corrected chi connectivity index (χ0v) is 12.9. The van der Waals surface area contributed by atoms with Crippen LogP contribution in [0.3, 0.4) is 0 Å². The first kappa shape index (κ1) is 15.7. The third-order valence-corrected chi connectivity index (χ3v) is 3.55. The zero-order chi connectivity index (χ0) is 17.1. The molecule has 3 N–H and O–H groups in total. The number of pyridine rings is 1. The Balaban J connectivity index is 1.80. The minimum Gasteiger partial charge on any atom is -0.478 e. The summed E-state index contributed by atoms with van der Waals surface area (Å²) in [4.78, 5) is 34.5. The zero-order valence-electron chi connectivity index (χ0n) is 12.2. The molecule has 0 aliphatic rings. The summed E-state index contributed by atoms with van der Waals surface area (Å²) in [6.45, 7) is 0. The molecule has 0 unspecified atom stereocenters. The first-order valence-electron chi connectivity index (χ1n) is 6.84. The van der Waals surface area contributed by atoms with Gasteiger partial charge in [-0.1, -0.05) is 11.6 Å². The summed E-state index contributed by atoms with van der Waals surface area (Å²) in [5.74, 6) is -1.04. The smallest absolute Gasteiger partial charge is 0.335 e. The fraction of sp³-hybridized carbons (Fsp3) is 0. The van der Waals surface area contributed by atoms with E-state index in [-0.39, 0.29) is 16.1 Å². The van der Waals surface area contributed by atoms with E-state index in [0.29, 0.717) is 17.2 Å². The van der Waals surface area contributed by atoms with Crippen LogP contribution < -0.4 is 5.32 Å². The van der Waals surface area contributed by atoms with E-state index in [4.69, 9.17) is 16.7 Å². The molecule has 24 heavy (non-hydrogen) atoms. The Kier molecular flexibility index (Phi) is 4.26. The highest BCUT2D eigenvalue weighted by Crippen LogP contribution is 2.20. The number of carboxylic acids is 1. The molecule has 120 valence electrons. The van der Waals surface area contributed by atoms with Crippen molar-refractivity contribution >= 4 is 29.2 Å². The fourth-order valence-electron chi connectivity index (χ4n) is 2.04. The van der Waals surface area contributed by atoms with Gasteiger partial charge in [-0.05, 0) is 30.3 Å². The minimum atomic E-state index is -1.13. The van der Waals surface area contributed by atoms with Gasteiger partial charge < -0.3 is 15.4 Å². The van der Waals surface area contributed by atoms with E-state index in [1.807, 2.05) is 0 Å². The number of carbonyl (C=O) groups is 2. The second-order valence-corrected chi connectivity index (χ2v) is 5.23. The summed E-state index contributed by atoms with van der Waals surface area (Å²) >= 11 is 5.97. The first-order valence-corrected chi connectivity index (χ1v) is 7.22. The Labute approximate surface area is 141 Å². The lowest BCUT2D eigenvalue weighted by Gasteiger charge is -2.08. The monoisotopic (exact) mass is 342 g/mol. The molecule has 0 radical (unpaired) electrons. The number of benzene rings is 1. The second kappa shape index (κ2) is 6.51. The molecule has 0 bridgehead atoms. The van der Waals surface area contributed by atoms with Gasteiger partial charge in [0.2, 0.25) is 0 Å². The SMILES string of the molecule is O=C(O)c1ccc(Cl)c(C(=O)Nc2ccc(-c3ncc[nH]3)nc2)c1. The number of halogens is 1. The van der Waals surface area contributed by atoms with E-state index < -0.39 is 11.9 Å². The molecule has 3 rings (SSSR count). The van der Waals surface area contributed by atoms with Crippen LogP contribution in [0.25, 0.3) is 11.5 Å². The van der Waals surface area contributed by atoms with E-state index >= 15 is 0 Å². The van der Waals surface area contributed by atoms with E-state index in [9.17, 15) is 9.59 Å². The predicted octanol–water partition coefficient (Wildman–Crippen LogP) is 3.08. The minimum absolute atomic E-state index is 0.0177. The number of hydrogen-bond donors (Lipinski definition) is 3. The highest BCUT2D eigenvalue weighted by Gasteiger charge is 2.14.